The minimum Gasteiger partial charge on any atom is -0.369 e. The molecule has 0 aliphatic carbocycles. The van der Waals surface area contributed by atoms with E-state index in [4.69, 9.17) is 0 Å². The molecule has 2 heterocycles. The third kappa shape index (κ3) is 3.60. The first-order chi connectivity index (χ1) is 12.6. The SMILES string of the molecule is CN1CCC(c2cc(F)cc(F)c2)c2ccc(N3CCNCC3)cc2C1. The number of hydrogen-bond acceptors (Lipinski definition) is 3. The summed E-state index contributed by atoms with van der Waals surface area (Å²) in [5.41, 5.74) is 4.42. The van der Waals surface area contributed by atoms with Crippen LogP contribution in [0.3, 0.4) is 0 Å². The molecular formula is C21H25F2N3. The zero-order valence-corrected chi connectivity index (χ0v) is 15.1. The molecule has 2 aliphatic heterocycles. The van der Waals surface area contributed by atoms with Crippen LogP contribution in [-0.4, -0.2) is 44.7 Å². The monoisotopic (exact) mass is 357 g/mol. The number of halogens is 2. The summed E-state index contributed by atoms with van der Waals surface area (Å²) in [6.07, 6.45) is 0.860. The summed E-state index contributed by atoms with van der Waals surface area (Å²) in [6, 6.07) is 10.5. The molecule has 0 radical (unpaired) electrons. The molecule has 0 spiro atoms. The lowest BCUT2D eigenvalue weighted by atomic mass is 9.86. The molecule has 1 atom stereocenters. The van der Waals surface area contributed by atoms with Crippen LogP contribution in [0, 0.1) is 11.6 Å². The Balaban J connectivity index is 1.72. The number of nitrogens with zero attached hydrogens (tertiary/aromatic N) is 2. The standard InChI is InChI=1S/C21H25F2N3/c1-25-7-4-21(15-10-17(22)13-18(23)11-15)20-3-2-19(12-16(20)14-25)26-8-5-24-6-9-26/h2-3,10-13,21,24H,4-9,14H2,1H3. The Labute approximate surface area is 153 Å². The molecule has 1 unspecified atom stereocenters. The van der Waals surface area contributed by atoms with Gasteiger partial charge >= 0.3 is 0 Å². The van der Waals surface area contributed by atoms with Crippen LogP contribution < -0.4 is 10.2 Å². The van der Waals surface area contributed by atoms with E-state index < -0.39 is 11.6 Å². The van der Waals surface area contributed by atoms with Gasteiger partial charge in [0, 0.05) is 50.4 Å². The minimum atomic E-state index is -0.503. The smallest absolute Gasteiger partial charge is 0.126 e. The predicted octanol–water partition coefficient (Wildman–Crippen LogP) is 3.34. The number of benzene rings is 2. The Bertz CT molecular complexity index is 767. The third-order valence-electron chi connectivity index (χ3n) is 5.51. The van der Waals surface area contributed by atoms with Gasteiger partial charge in [0.1, 0.15) is 11.6 Å². The number of anilines is 1. The zero-order valence-electron chi connectivity index (χ0n) is 15.1. The highest BCUT2D eigenvalue weighted by molar-refractivity contribution is 5.54. The van der Waals surface area contributed by atoms with Crippen molar-refractivity contribution < 1.29 is 8.78 Å². The van der Waals surface area contributed by atoms with E-state index in [1.165, 1.54) is 28.9 Å². The predicted molar refractivity (Wildman–Crippen MR) is 101 cm³/mol. The quantitative estimate of drug-likeness (QED) is 0.889. The van der Waals surface area contributed by atoms with E-state index in [1.807, 2.05) is 0 Å². The fourth-order valence-electron chi connectivity index (χ4n) is 4.19. The second kappa shape index (κ2) is 7.33. The molecule has 0 amide bonds. The topological polar surface area (TPSA) is 18.5 Å². The molecule has 0 aromatic heterocycles. The van der Waals surface area contributed by atoms with Crippen LogP contribution >= 0.6 is 0 Å². The van der Waals surface area contributed by atoms with Crippen molar-refractivity contribution in [3.05, 3.63) is 64.7 Å². The maximum absolute atomic E-state index is 13.8. The molecule has 2 aliphatic rings. The molecule has 1 N–H and O–H groups in total. The highest BCUT2D eigenvalue weighted by Gasteiger charge is 2.24. The maximum Gasteiger partial charge on any atom is 0.126 e. The Morgan fingerprint density at radius 1 is 0.962 bits per heavy atom. The molecule has 5 heteroatoms. The van der Waals surface area contributed by atoms with Crippen LogP contribution in [0.5, 0.6) is 0 Å². The lowest BCUT2D eigenvalue weighted by Crippen LogP contribution is -2.43. The van der Waals surface area contributed by atoms with Crippen molar-refractivity contribution in [2.75, 3.05) is 44.7 Å². The van der Waals surface area contributed by atoms with Crippen molar-refractivity contribution in [2.45, 2.75) is 18.9 Å². The van der Waals surface area contributed by atoms with Gasteiger partial charge < -0.3 is 15.1 Å². The molecule has 138 valence electrons. The number of hydrogen-bond donors (Lipinski definition) is 1. The van der Waals surface area contributed by atoms with Gasteiger partial charge in [-0.3, -0.25) is 0 Å². The number of nitrogens with one attached hydrogen (secondary N) is 1. The zero-order chi connectivity index (χ0) is 18.1. The van der Waals surface area contributed by atoms with E-state index >= 15 is 0 Å². The molecule has 0 bridgehead atoms. The highest BCUT2D eigenvalue weighted by Crippen LogP contribution is 2.36. The van der Waals surface area contributed by atoms with Gasteiger partial charge in [-0.1, -0.05) is 6.07 Å². The molecule has 2 aromatic carbocycles. The van der Waals surface area contributed by atoms with Crippen molar-refractivity contribution in [3.63, 3.8) is 0 Å². The van der Waals surface area contributed by atoms with Crippen LogP contribution in [0.1, 0.15) is 29.0 Å². The molecule has 0 saturated carbocycles. The fraction of sp³-hybridized carbons (Fsp3) is 0.429. The Morgan fingerprint density at radius 3 is 2.42 bits per heavy atom. The van der Waals surface area contributed by atoms with Gasteiger partial charge in [-0.2, -0.15) is 0 Å². The normalized spacial score (nSPS) is 21.3. The maximum atomic E-state index is 13.8. The largest absolute Gasteiger partial charge is 0.369 e. The average molecular weight is 357 g/mol. The van der Waals surface area contributed by atoms with E-state index in [1.54, 1.807) is 0 Å². The Hall–Kier alpha value is -1.98. The Kier molecular flexibility index (Phi) is 4.92. The van der Waals surface area contributed by atoms with Crippen LogP contribution in [-0.2, 0) is 6.54 Å². The fourth-order valence-corrected chi connectivity index (χ4v) is 4.19. The summed E-state index contributed by atoms with van der Waals surface area (Å²) in [5, 5.41) is 3.38. The van der Waals surface area contributed by atoms with Gasteiger partial charge in [0.2, 0.25) is 0 Å². The van der Waals surface area contributed by atoms with Crippen LogP contribution in [0.4, 0.5) is 14.5 Å². The van der Waals surface area contributed by atoms with E-state index in [0.717, 1.165) is 57.3 Å². The van der Waals surface area contributed by atoms with Crippen molar-refractivity contribution in [2.24, 2.45) is 0 Å². The van der Waals surface area contributed by atoms with Crippen molar-refractivity contribution >= 4 is 5.69 Å². The van der Waals surface area contributed by atoms with Crippen LogP contribution in [0.25, 0.3) is 0 Å². The molecule has 4 rings (SSSR count). The van der Waals surface area contributed by atoms with Gasteiger partial charge in [0.15, 0.2) is 0 Å². The van der Waals surface area contributed by atoms with E-state index in [-0.39, 0.29) is 5.92 Å². The first-order valence-corrected chi connectivity index (χ1v) is 9.33. The summed E-state index contributed by atoms with van der Waals surface area (Å²) < 4.78 is 27.6. The highest BCUT2D eigenvalue weighted by atomic mass is 19.1. The molecule has 2 aromatic rings. The molecule has 26 heavy (non-hydrogen) atoms. The lowest BCUT2D eigenvalue weighted by molar-refractivity contribution is 0.328. The second-order valence-corrected chi connectivity index (χ2v) is 7.40. The lowest BCUT2D eigenvalue weighted by Gasteiger charge is -2.30. The number of fused-ring (bicyclic) bond motifs is 1. The summed E-state index contributed by atoms with van der Waals surface area (Å²) in [5.74, 6) is -0.981. The van der Waals surface area contributed by atoms with Crippen molar-refractivity contribution in [1.82, 2.24) is 10.2 Å². The molecule has 1 saturated heterocycles. The van der Waals surface area contributed by atoms with E-state index in [0.29, 0.717) is 0 Å². The first kappa shape index (κ1) is 17.4. The van der Waals surface area contributed by atoms with Crippen LogP contribution in [0.15, 0.2) is 36.4 Å². The van der Waals surface area contributed by atoms with E-state index in [9.17, 15) is 8.78 Å². The van der Waals surface area contributed by atoms with Gasteiger partial charge in [-0.25, -0.2) is 8.78 Å². The van der Waals surface area contributed by atoms with Crippen molar-refractivity contribution in [1.29, 1.82) is 0 Å². The summed E-state index contributed by atoms with van der Waals surface area (Å²) >= 11 is 0. The van der Waals surface area contributed by atoms with E-state index in [2.05, 4.69) is 40.4 Å². The summed E-state index contributed by atoms with van der Waals surface area (Å²) in [4.78, 5) is 4.69. The molecule has 1 fully saturated rings. The van der Waals surface area contributed by atoms with Crippen LogP contribution in [0.2, 0.25) is 0 Å². The molecular weight excluding hydrogens is 332 g/mol. The molecule has 3 nitrogen and oxygen atoms in total. The minimum absolute atomic E-state index is 0.0252. The number of piperazine rings is 1. The first-order valence-electron chi connectivity index (χ1n) is 9.33. The van der Waals surface area contributed by atoms with Gasteiger partial charge in [0.25, 0.3) is 0 Å². The van der Waals surface area contributed by atoms with Crippen molar-refractivity contribution in [3.8, 4) is 0 Å². The average Bonchev–Trinajstić information content (AvgIpc) is 2.79. The Morgan fingerprint density at radius 2 is 1.69 bits per heavy atom. The van der Waals surface area contributed by atoms with Gasteiger partial charge in [-0.05, 0) is 61.0 Å². The summed E-state index contributed by atoms with van der Waals surface area (Å²) in [6.45, 7) is 5.79. The number of rotatable bonds is 2. The second-order valence-electron chi connectivity index (χ2n) is 7.40. The summed E-state index contributed by atoms with van der Waals surface area (Å²) in [7, 11) is 2.11. The third-order valence-corrected chi connectivity index (χ3v) is 5.51. The van der Waals surface area contributed by atoms with Gasteiger partial charge in [-0.15, -0.1) is 0 Å². The van der Waals surface area contributed by atoms with Gasteiger partial charge in [0.05, 0.1) is 0 Å².